The van der Waals surface area contributed by atoms with Gasteiger partial charge < -0.3 is 21.1 Å². The second-order valence-electron chi connectivity index (χ2n) is 10.3. The van der Waals surface area contributed by atoms with Gasteiger partial charge in [-0.2, -0.15) is 0 Å². The first-order chi connectivity index (χ1) is 16.8. The first-order valence-corrected chi connectivity index (χ1v) is 13.2. The standard InChI is InChI=1S/C28H39ClN4O2/c1-19-14-23(5-4-21(19)17-33-13-12-31-20(2)16-33)28(27(35)30-3)10-8-24(9-11-28)32-25-6-7-26(29)22(15-25)18-34/h4-7,14-15,20,24,31-32,34H,8-13,16-18H2,1-3H3,(H,30,35)/t20-,24?,28?/m0/s1. The molecule has 0 bridgehead atoms. The Morgan fingerprint density at radius 1 is 1.20 bits per heavy atom. The normalized spacial score (nSPS) is 25.3. The van der Waals surface area contributed by atoms with Crippen LogP contribution in [0.4, 0.5) is 5.69 Å². The summed E-state index contributed by atoms with van der Waals surface area (Å²) in [7, 11) is 1.74. The first kappa shape index (κ1) is 26.0. The van der Waals surface area contributed by atoms with Crippen LogP contribution in [0.3, 0.4) is 0 Å². The van der Waals surface area contributed by atoms with Crippen molar-refractivity contribution in [2.45, 2.75) is 70.2 Å². The molecule has 1 saturated carbocycles. The molecule has 4 N–H and O–H groups in total. The molecule has 1 aliphatic carbocycles. The number of benzene rings is 2. The monoisotopic (exact) mass is 498 g/mol. The minimum absolute atomic E-state index is 0.0815. The molecule has 190 valence electrons. The van der Waals surface area contributed by atoms with Crippen molar-refractivity contribution in [3.63, 3.8) is 0 Å². The fourth-order valence-corrected chi connectivity index (χ4v) is 5.91. The average Bonchev–Trinajstić information content (AvgIpc) is 2.86. The number of nitrogens with one attached hydrogen (secondary N) is 3. The van der Waals surface area contributed by atoms with Crippen LogP contribution in [0.5, 0.6) is 0 Å². The number of aryl methyl sites for hydroxylation is 1. The van der Waals surface area contributed by atoms with Crippen LogP contribution >= 0.6 is 11.6 Å². The van der Waals surface area contributed by atoms with Crippen LogP contribution < -0.4 is 16.0 Å². The van der Waals surface area contributed by atoms with Crippen LogP contribution in [0, 0.1) is 6.92 Å². The number of hydrogen-bond donors (Lipinski definition) is 4. The molecular formula is C28H39ClN4O2. The van der Waals surface area contributed by atoms with E-state index in [-0.39, 0.29) is 18.6 Å². The van der Waals surface area contributed by atoms with E-state index in [4.69, 9.17) is 11.6 Å². The van der Waals surface area contributed by atoms with Gasteiger partial charge in [-0.25, -0.2) is 0 Å². The third-order valence-electron chi connectivity index (χ3n) is 7.83. The maximum Gasteiger partial charge on any atom is 0.230 e. The Bertz CT molecular complexity index is 1040. The molecule has 1 aliphatic heterocycles. The molecular weight excluding hydrogens is 460 g/mol. The Morgan fingerprint density at radius 2 is 1.97 bits per heavy atom. The zero-order valence-electron chi connectivity index (χ0n) is 21.2. The molecule has 1 amide bonds. The fourth-order valence-electron chi connectivity index (χ4n) is 5.73. The Balaban J connectivity index is 1.47. The third-order valence-corrected chi connectivity index (χ3v) is 8.20. The summed E-state index contributed by atoms with van der Waals surface area (Å²) in [4.78, 5) is 15.7. The molecule has 0 aromatic heterocycles. The van der Waals surface area contributed by atoms with E-state index in [1.807, 2.05) is 18.2 Å². The molecule has 6 nitrogen and oxygen atoms in total. The lowest BCUT2D eigenvalue weighted by molar-refractivity contribution is -0.127. The summed E-state index contributed by atoms with van der Waals surface area (Å²) in [6, 6.07) is 13.1. The number of anilines is 1. The molecule has 0 radical (unpaired) electrons. The van der Waals surface area contributed by atoms with Crippen LogP contribution in [0.2, 0.25) is 5.02 Å². The number of nitrogens with zero attached hydrogens (tertiary/aromatic N) is 1. The number of hydrogen-bond acceptors (Lipinski definition) is 5. The number of piperazine rings is 1. The number of carbonyl (C=O) groups is 1. The number of rotatable bonds is 7. The first-order valence-electron chi connectivity index (χ1n) is 12.8. The summed E-state index contributed by atoms with van der Waals surface area (Å²) in [5, 5.41) is 20.1. The second kappa shape index (κ2) is 11.3. The van der Waals surface area contributed by atoms with Gasteiger partial charge in [-0.3, -0.25) is 9.69 Å². The number of halogens is 1. The van der Waals surface area contributed by atoms with E-state index in [0.29, 0.717) is 11.1 Å². The largest absolute Gasteiger partial charge is 0.392 e. The lowest BCUT2D eigenvalue weighted by atomic mass is 9.67. The van der Waals surface area contributed by atoms with E-state index >= 15 is 0 Å². The molecule has 2 aromatic carbocycles. The summed E-state index contributed by atoms with van der Waals surface area (Å²) in [5.74, 6) is 0.105. The van der Waals surface area contributed by atoms with E-state index in [1.54, 1.807) is 7.05 Å². The third kappa shape index (κ3) is 5.83. The van der Waals surface area contributed by atoms with Crippen molar-refractivity contribution in [2.75, 3.05) is 32.0 Å². The Kier molecular flexibility index (Phi) is 8.38. The van der Waals surface area contributed by atoms with Gasteiger partial charge in [0.1, 0.15) is 0 Å². The zero-order valence-corrected chi connectivity index (χ0v) is 21.9. The highest BCUT2D eigenvalue weighted by molar-refractivity contribution is 6.31. The van der Waals surface area contributed by atoms with Crippen molar-refractivity contribution in [1.29, 1.82) is 0 Å². The molecule has 7 heteroatoms. The molecule has 2 aliphatic rings. The maximum absolute atomic E-state index is 13.2. The van der Waals surface area contributed by atoms with Crippen LogP contribution in [0.1, 0.15) is 54.9 Å². The fraction of sp³-hybridized carbons (Fsp3) is 0.536. The van der Waals surface area contributed by atoms with E-state index in [9.17, 15) is 9.90 Å². The van der Waals surface area contributed by atoms with Crippen molar-refractivity contribution >= 4 is 23.2 Å². The quantitative estimate of drug-likeness (QED) is 0.464. The smallest absolute Gasteiger partial charge is 0.230 e. The predicted octanol–water partition coefficient (Wildman–Crippen LogP) is 3.97. The second-order valence-corrected chi connectivity index (χ2v) is 10.7. The van der Waals surface area contributed by atoms with E-state index in [1.165, 1.54) is 11.1 Å². The summed E-state index contributed by atoms with van der Waals surface area (Å²) in [6.07, 6.45) is 3.37. The van der Waals surface area contributed by atoms with Gasteiger partial charge in [-0.1, -0.05) is 29.8 Å². The number of carbonyl (C=O) groups excluding carboxylic acids is 1. The van der Waals surface area contributed by atoms with Gasteiger partial charge in [-0.05, 0) is 80.0 Å². The minimum Gasteiger partial charge on any atom is -0.392 e. The highest BCUT2D eigenvalue weighted by Gasteiger charge is 2.43. The van der Waals surface area contributed by atoms with Gasteiger partial charge in [0.25, 0.3) is 0 Å². The van der Waals surface area contributed by atoms with Gasteiger partial charge in [0.15, 0.2) is 0 Å². The molecule has 0 unspecified atom stereocenters. The molecule has 2 fully saturated rings. The van der Waals surface area contributed by atoms with Crippen LogP contribution in [0.25, 0.3) is 0 Å². The van der Waals surface area contributed by atoms with Crippen molar-refractivity contribution in [3.05, 3.63) is 63.7 Å². The molecule has 35 heavy (non-hydrogen) atoms. The van der Waals surface area contributed by atoms with Crippen molar-refractivity contribution in [1.82, 2.24) is 15.5 Å². The number of amides is 1. The van der Waals surface area contributed by atoms with E-state index < -0.39 is 5.41 Å². The Morgan fingerprint density at radius 3 is 2.63 bits per heavy atom. The molecule has 0 spiro atoms. The predicted molar refractivity (Wildman–Crippen MR) is 143 cm³/mol. The minimum atomic E-state index is -0.504. The van der Waals surface area contributed by atoms with Crippen LogP contribution in [0.15, 0.2) is 36.4 Å². The summed E-state index contributed by atoms with van der Waals surface area (Å²) in [6.45, 7) is 8.44. The summed E-state index contributed by atoms with van der Waals surface area (Å²) >= 11 is 6.14. The lowest BCUT2D eigenvalue weighted by Gasteiger charge is -2.40. The molecule has 4 rings (SSSR count). The Labute approximate surface area is 214 Å². The van der Waals surface area contributed by atoms with Crippen LogP contribution in [-0.4, -0.2) is 54.7 Å². The number of aliphatic hydroxyl groups excluding tert-OH is 1. The SMILES string of the molecule is CNC(=O)C1(c2ccc(CN3CCN[C@@H](C)C3)c(C)c2)CCC(Nc2ccc(Cl)c(CO)c2)CC1. The highest BCUT2D eigenvalue weighted by Crippen LogP contribution is 2.41. The number of aliphatic hydroxyl groups is 1. The van der Waals surface area contributed by atoms with Gasteiger partial charge in [-0.15, -0.1) is 0 Å². The van der Waals surface area contributed by atoms with Gasteiger partial charge in [0, 0.05) is 56.0 Å². The van der Waals surface area contributed by atoms with Crippen molar-refractivity contribution < 1.29 is 9.90 Å². The van der Waals surface area contributed by atoms with Crippen LogP contribution in [-0.2, 0) is 23.4 Å². The summed E-state index contributed by atoms with van der Waals surface area (Å²) in [5.41, 5.74) is 4.90. The van der Waals surface area contributed by atoms with Gasteiger partial charge >= 0.3 is 0 Å². The topological polar surface area (TPSA) is 76.6 Å². The highest BCUT2D eigenvalue weighted by atomic mass is 35.5. The zero-order chi connectivity index (χ0) is 25.0. The van der Waals surface area contributed by atoms with E-state index in [2.05, 4.69) is 52.9 Å². The molecule has 1 saturated heterocycles. The summed E-state index contributed by atoms with van der Waals surface area (Å²) < 4.78 is 0. The van der Waals surface area contributed by atoms with Crippen molar-refractivity contribution in [3.8, 4) is 0 Å². The van der Waals surface area contributed by atoms with Gasteiger partial charge in [0.05, 0.1) is 12.0 Å². The number of likely N-dealkylation sites (N-methyl/N-ethyl adjacent to an activating group) is 1. The Hall–Kier alpha value is -2.12. The van der Waals surface area contributed by atoms with Crippen molar-refractivity contribution in [2.24, 2.45) is 0 Å². The lowest BCUT2D eigenvalue weighted by Crippen LogP contribution is -2.48. The molecule has 1 atom stereocenters. The molecule has 1 heterocycles. The van der Waals surface area contributed by atoms with Gasteiger partial charge in [0.2, 0.25) is 5.91 Å². The average molecular weight is 499 g/mol. The van der Waals surface area contributed by atoms with E-state index in [0.717, 1.165) is 68.7 Å². The maximum atomic E-state index is 13.2. The molecule has 2 aromatic rings.